The minimum Gasteiger partial charge on any atom is -0.354 e. The number of carbonyl (C=O) groups is 1. The number of nitrogens with one attached hydrogen (secondary N) is 2. The number of hydrogen-bond acceptors (Lipinski definition) is 5. The largest absolute Gasteiger partial charge is 0.354 e. The number of nitrogens with zero attached hydrogens (tertiary/aromatic N) is 4. The average Bonchev–Trinajstić information content (AvgIpc) is 2.58. The van der Waals surface area contributed by atoms with Crippen LogP contribution in [0.15, 0.2) is 36.7 Å². The fourth-order valence-corrected chi connectivity index (χ4v) is 2.54. The van der Waals surface area contributed by atoms with Gasteiger partial charge in [-0.05, 0) is 26.1 Å². The molecule has 7 nitrogen and oxygen atoms in total. The highest BCUT2D eigenvalue weighted by Crippen LogP contribution is 2.16. The summed E-state index contributed by atoms with van der Waals surface area (Å²) in [5, 5.41) is 5.55. The number of hydrogen-bond donors (Lipinski definition) is 2. The lowest BCUT2D eigenvalue weighted by atomic mass is 10.2. The standard InChI is InChI=1S/C17H22N6O/c1-13-3-5-14(6-4-13)20-17(24)21-15-11-16(19-12-18-15)23-9-7-22(2)8-10-23/h3-6,11-12H,7-10H2,1-2H3,(H2,18,19,20,21,24). The Morgan fingerprint density at radius 2 is 1.75 bits per heavy atom. The van der Waals surface area contributed by atoms with Crippen molar-refractivity contribution in [2.24, 2.45) is 0 Å². The van der Waals surface area contributed by atoms with E-state index in [0.717, 1.165) is 43.2 Å². The molecule has 0 radical (unpaired) electrons. The van der Waals surface area contributed by atoms with Crippen molar-refractivity contribution in [3.8, 4) is 0 Å². The third kappa shape index (κ3) is 4.20. The Hall–Kier alpha value is -2.67. The zero-order valence-corrected chi connectivity index (χ0v) is 14.0. The van der Waals surface area contributed by atoms with Crippen LogP contribution in [0.1, 0.15) is 5.56 Å². The van der Waals surface area contributed by atoms with E-state index < -0.39 is 0 Å². The third-order valence-electron chi connectivity index (χ3n) is 4.03. The smallest absolute Gasteiger partial charge is 0.324 e. The van der Waals surface area contributed by atoms with Crippen LogP contribution in [-0.4, -0.2) is 54.1 Å². The van der Waals surface area contributed by atoms with Gasteiger partial charge in [-0.15, -0.1) is 0 Å². The fraction of sp³-hybridized carbons (Fsp3) is 0.353. The van der Waals surface area contributed by atoms with Gasteiger partial charge in [-0.2, -0.15) is 0 Å². The zero-order valence-electron chi connectivity index (χ0n) is 14.0. The molecule has 0 unspecified atom stereocenters. The highest BCUT2D eigenvalue weighted by atomic mass is 16.2. The molecule has 1 aliphatic heterocycles. The fourth-order valence-electron chi connectivity index (χ4n) is 2.54. The number of aromatic nitrogens is 2. The van der Waals surface area contributed by atoms with E-state index in [-0.39, 0.29) is 6.03 Å². The second kappa shape index (κ2) is 7.27. The summed E-state index contributed by atoms with van der Waals surface area (Å²) in [4.78, 5) is 25.0. The van der Waals surface area contributed by atoms with E-state index in [1.54, 1.807) is 6.07 Å². The van der Waals surface area contributed by atoms with Crippen molar-refractivity contribution < 1.29 is 4.79 Å². The molecule has 0 bridgehead atoms. The maximum Gasteiger partial charge on any atom is 0.324 e. The molecule has 2 N–H and O–H groups in total. The van der Waals surface area contributed by atoms with Crippen molar-refractivity contribution in [2.45, 2.75) is 6.92 Å². The number of urea groups is 1. The van der Waals surface area contributed by atoms with Crippen LogP contribution in [0.5, 0.6) is 0 Å². The van der Waals surface area contributed by atoms with E-state index in [9.17, 15) is 4.79 Å². The molecular formula is C17H22N6O. The van der Waals surface area contributed by atoms with Crippen molar-refractivity contribution in [1.29, 1.82) is 0 Å². The summed E-state index contributed by atoms with van der Waals surface area (Å²) in [6, 6.07) is 9.12. The van der Waals surface area contributed by atoms with Gasteiger partial charge in [0.25, 0.3) is 0 Å². The van der Waals surface area contributed by atoms with E-state index >= 15 is 0 Å². The highest BCUT2D eigenvalue weighted by Gasteiger charge is 2.16. The van der Waals surface area contributed by atoms with E-state index in [1.807, 2.05) is 31.2 Å². The van der Waals surface area contributed by atoms with E-state index in [2.05, 4.69) is 37.4 Å². The second-order valence-corrected chi connectivity index (χ2v) is 6.00. The Morgan fingerprint density at radius 3 is 2.46 bits per heavy atom. The molecule has 24 heavy (non-hydrogen) atoms. The Morgan fingerprint density at radius 1 is 1.04 bits per heavy atom. The van der Waals surface area contributed by atoms with Gasteiger partial charge in [0, 0.05) is 37.9 Å². The number of piperazine rings is 1. The molecule has 1 aromatic heterocycles. The molecule has 7 heteroatoms. The van der Waals surface area contributed by atoms with E-state index in [4.69, 9.17) is 0 Å². The number of benzene rings is 1. The van der Waals surface area contributed by atoms with Crippen LogP contribution in [0.4, 0.5) is 22.1 Å². The van der Waals surface area contributed by atoms with Crippen molar-refractivity contribution in [3.05, 3.63) is 42.2 Å². The molecule has 126 valence electrons. The molecule has 0 atom stereocenters. The van der Waals surface area contributed by atoms with Gasteiger partial charge in [0.2, 0.25) is 0 Å². The Bertz CT molecular complexity index is 694. The molecular weight excluding hydrogens is 304 g/mol. The van der Waals surface area contributed by atoms with Gasteiger partial charge in [0.1, 0.15) is 18.0 Å². The van der Waals surface area contributed by atoms with Crippen LogP contribution in [0, 0.1) is 6.92 Å². The summed E-state index contributed by atoms with van der Waals surface area (Å²) >= 11 is 0. The lowest BCUT2D eigenvalue weighted by molar-refractivity contribution is 0.262. The molecule has 1 aliphatic rings. The Kier molecular flexibility index (Phi) is 4.90. The van der Waals surface area contributed by atoms with Gasteiger partial charge in [-0.25, -0.2) is 14.8 Å². The van der Waals surface area contributed by atoms with Gasteiger partial charge in [0.05, 0.1) is 0 Å². The summed E-state index contributed by atoms with van der Waals surface area (Å²) in [7, 11) is 2.11. The summed E-state index contributed by atoms with van der Waals surface area (Å²) in [5.74, 6) is 1.33. The molecule has 1 saturated heterocycles. The first-order valence-electron chi connectivity index (χ1n) is 8.00. The predicted octanol–water partition coefficient (Wildman–Crippen LogP) is 2.18. The lowest BCUT2D eigenvalue weighted by Crippen LogP contribution is -2.44. The average molecular weight is 326 g/mol. The monoisotopic (exact) mass is 326 g/mol. The number of anilines is 3. The molecule has 0 spiro atoms. The van der Waals surface area contributed by atoms with Crippen LogP contribution in [-0.2, 0) is 0 Å². The lowest BCUT2D eigenvalue weighted by Gasteiger charge is -2.33. The minimum absolute atomic E-state index is 0.318. The second-order valence-electron chi connectivity index (χ2n) is 6.00. The van der Waals surface area contributed by atoms with Crippen molar-refractivity contribution in [1.82, 2.24) is 14.9 Å². The number of carbonyl (C=O) groups excluding carboxylic acids is 1. The normalized spacial score (nSPS) is 15.2. The summed E-state index contributed by atoms with van der Waals surface area (Å²) in [6.45, 7) is 5.84. The summed E-state index contributed by atoms with van der Waals surface area (Å²) in [5.41, 5.74) is 1.89. The zero-order chi connectivity index (χ0) is 16.9. The number of rotatable bonds is 3. The molecule has 3 rings (SSSR count). The third-order valence-corrected chi connectivity index (χ3v) is 4.03. The topological polar surface area (TPSA) is 73.4 Å². The molecule has 0 saturated carbocycles. The molecule has 2 aromatic rings. The van der Waals surface area contributed by atoms with Crippen LogP contribution >= 0.6 is 0 Å². The predicted molar refractivity (Wildman–Crippen MR) is 95.6 cm³/mol. The van der Waals surface area contributed by atoms with E-state index in [1.165, 1.54) is 6.33 Å². The van der Waals surface area contributed by atoms with Gasteiger partial charge >= 0.3 is 6.03 Å². The molecule has 2 heterocycles. The van der Waals surface area contributed by atoms with Crippen LogP contribution in [0.2, 0.25) is 0 Å². The number of aryl methyl sites for hydroxylation is 1. The van der Waals surface area contributed by atoms with Crippen LogP contribution in [0.3, 0.4) is 0 Å². The SMILES string of the molecule is Cc1ccc(NC(=O)Nc2cc(N3CCN(C)CC3)ncn2)cc1. The van der Waals surface area contributed by atoms with Crippen molar-refractivity contribution in [2.75, 3.05) is 48.8 Å². The van der Waals surface area contributed by atoms with E-state index in [0.29, 0.717) is 5.82 Å². The molecule has 0 aliphatic carbocycles. The van der Waals surface area contributed by atoms with Crippen molar-refractivity contribution >= 4 is 23.4 Å². The first-order valence-corrected chi connectivity index (χ1v) is 8.00. The Labute approximate surface area is 141 Å². The van der Waals surface area contributed by atoms with Crippen LogP contribution in [0.25, 0.3) is 0 Å². The molecule has 2 amide bonds. The van der Waals surface area contributed by atoms with Gasteiger partial charge in [-0.1, -0.05) is 17.7 Å². The summed E-state index contributed by atoms with van der Waals surface area (Å²) in [6.07, 6.45) is 1.48. The quantitative estimate of drug-likeness (QED) is 0.904. The highest BCUT2D eigenvalue weighted by molar-refractivity contribution is 5.99. The first kappa shape index (κ1) is 16.2. The summed E-state index contributed by atoms with van der Waals surface area (Å²) < 4.78 is 0. The number of amides is 2. The van der Waals surface area contributed by atoms with Gasteiger partial charge in [0.15, 0.2) is 0 Å². The molecule has 1 fully saturated rings. The van der Waals surface area contributed by atoms with Gasteiger partial charge in [-0.3, -0.25) is 5.32 Å². The van der Waals surface area contributed by atoms with Crippen LogP contribution < -0.4 is 15.5 Å². The Balaban J connectivity index is 1.61. The molecule has 1 aromatic carbocycles. The van der Waals surface area contributed by atoms with Gasteiger partial charge < -0.3 is 15.1 Å². The minimum atomic E-state index is -0.318. The number of likely N-dealkylation sites (N-methyl/N-ethyl adjacent to an activating group) is 1. The maximum atomic E-state index is 12.1. The first-order chi connectivity index (χ1) is 11.6. The van der Waals surface area contributed by atoms with Crippen molar-refractivity contribution in [3.63, 3.8) is 0 Å². The maximum absolute atomic E-state index is 12.1.